The first-order chi connectivity index (χ1) is 9.08. The van der Waals surface area contributed by atoms with E-state index in [1.165, 1.54) is 4.90 Å². The normalized spacial score (nSPS) is 21.3. The van der Waals surface area contributed by atoms with Crippen molar-refractivity contribution in [2.24, 2.45) is 5.41 Å². The fraction of sp³-hybridized carbons (Fsp3) is 0.538. The lowest BCUT2D eigenvalue weighted by molar-refractivity contribution is -0.00635. The summed E-state index contributed by atoms with van der Waals surface area (Å²) in [6.07, 6.45) is 3.09. The third kappa shape index (κ3) is 2.18. The van der Waals surface area contributed by atoms with Gasteiger partial charge in [0.05, 0.1) is 11.9 Å². The van der Waals surface area contributed by atoms with Crippen LogP contribution in [0.2, 0.25) is 0 Å². The Morgan fingerprint density at radius 3 is 2.53 bits per heavy atom. The van der Waals surface area contributed by atoms with Crippen molar-refractivity contribution < 1.29 is 9.90 Å². The summed E-state index contributed by atoms with van der Waals surface area (Å²) in [5, 5.41) is 8.90. The molecule has 1 spiro atoms. The van der Waals surface area contributed by atoms with Gasteiger partial charge in [0, 0.05) is 31.6 Å². The summed E-state index contributed by atoms with van der Waals surface area (Å²) in [6, 6.07) is 3.81. The number of pyridine rings is 1. The summed E-state index contributed by atoms with van der Waals surface area (Å²) < 4.78 is 0. The molecular formula is C13H18N4O2. The van der Waals surface area contributed by atoms with Crippen LogP contribution in [0.5, 0.6) is 0 Å². The lowest BCUT2D eigenvalue weighted by atomic mass is 9.72. The van der Waals surface area contributed by atoms with Crippen LogP contribution in [0.1, 0.15) is 12.8 Å². The monoisotopic (exact) mass is 262 g/mol. The zero-order valence-electron chi connectivity index (χ0n) is 10.7. The zero-order valence-corrected chi connectivity index (χ0v) is 10.7. The Kier molecular flexibility index (Phi) is 2.73. The number of nitrogen functional groups attached to an aromatic ring is 1. The van der Waals surface area contributed by atoms with Gasteiger partial charge < -0.3 is 20.6 Å². The molecule has 0 aliphatic carbocycles. The van der Waals surface area contributed by atoms with Crippen LogP contribution in [-0.2, 0) is 0 Å². The van der Waals surface area contributed by atoms with E-state index in [9.17, 15) is 4.79 Å². The average molecular weight is 262 g/mol. The Morgan fingerprint density at radius 1 is 1.32 bits per heavy atom. The van der Waals surface area contributed by atoms with Crippen molar-refractivity contribution in [3.8, 4) is 0 Å². The molecule has 2 saturated heterocycles. The Morgan fingerprint density at radius 2 is 2.00 bits per heavy atom. The van der Waals surface area contributed by atoms with Gasteiger partial charge in [0.2, 0.25) is 0 Å². The summed E-state index contributed by atoms with van der Waals surface area (Å²) in [5.41, 5.74) is 6.90. The highest BCUT2D eigenvalue weighted by Gasteiger charge is 2.46. The predicted octanol–water partition coefficient (Wildman–Crippen LogP) is 1.24. The van der Waals surface area contributed by atoms with E-state index in [2.05, 4.69) is 9.88 Å². The molecule has 6 heteroatoms. The molecule has 1 amide bonds. The molecule has 0 atom stereocenters. The van der Waals surface area contributed by atoms with Gasteiger partial charge in [-0.2, -0.15) is 0 Å². The molecule has 0 saturated carbocycles. The van der Waals surface area contributed by atoms with E-state index in [0.717, 1.165) is 31.6 Å². The van der Waals surface area contributed by atoms with Gasteiger partial charge in [-0.15, -0.1) is 0 Å². The minimum Gasteiger partial charge on any atom is -0.465 e. The third-order valence-corrected chi connectivity index (χ3v) is 4.28. The SMILES string of the molecule is Nc1ccc(N2CCC3(CC2)CN(C(=O)O)C3)cn1. The molecule has 3 N–H and O–H groups in total. The lowest BCUT2D eigenvalue weighted by Gasteiger charge is -2.53. The molecule has 2 aliphatic rings. The summed E-state index contributed by atoms with van der Waals surface area (Å²) in [6.45, 7) is 3.30. The van der Waals surface area contributed by atoms with Crippen molar-refractivity contribution in [2.45, 2.75) is 12.8 Å². The number of amides is 1. The molecule has 19 heavy (non-hydrogen) atoms. The first-order valence-corrected chi connectivity index (χ1v) is 6.52. The van der Waals surface area contributed by atoms with E-state index >= 15 is 0 Å². The molecule has 0 unspecified atom stereocenters. The van der Waals surface area contributed by atoms with Crippen molar-refractivity contribution in [1.82, 2.24) is 9.88 Å². The number of anilines is 2. The second kappa shape index (κ2) is 4.29. The van der Waals surface area contributed by atoms with Gasteiger partial charge in [-0.1, -0.05) is 0 Å². The highest BCUT2D eigenvalue weighted by atomic mass is 16.4. The van der Waals surface area contributed by atoms with E-state index in [4.69, 9.17) is 10.8 Å². The van der Waals surface area contributed by atoms with Gasteiger partial charge in [0.15, 0.2) is 0 Å². The number of nitrogens with zero attached hydrogens (tertiary/aromatic N) is 3. The number of rotatable bonds is 1. The van der Waals surface area contributed by atoms with E-state index in [0.29, 0.717) is 18.9 Å². The number of carbonyl (C=O) groups is 1. The number of nitrogens with two attached hydrogens (primary N) is 1. The number of hydrogen-bond acceptors (Lipinski definition) is 4. The number of aromatic nitrogens is 1. The largest absolute Gasteiger partial charge is 0.465 e. The topological polar surface area (TPSA) is 82.7 Å². The summed E-state index contributed by atoms with van der Waals surface area (Å²) in [4.78, 5) is 18.7. The predicted molar refractivity (Wildman–Crippen MR) is 72.1 cm³/mol. The molecule has 2 aliphatic heterocycles. The van der Waals surface area contributed by atoms with Crippen molar-refractivity contribution >= 4 is 17.6 Å². The molecule has 2 fully saturated rings. The highest BCUT2D eigenvalue weighted by Crippen LogP contribution is 2.41. The van der Waals surface area contributed by atoms with Gasteiger partial charge in [-0.25, -0.2) is 9.78 Å². The third-order valence-electron chi connectivity index (χ3n) is 4.28. The fourth-order valence-electron chi connectivity index (χ4n) is 3.04. The van der Waals surface area contributed by atoms with Gasteiger partial charge in [0.25, 0.3) is 0 Å². The van der Waals surface area contributed by atoms with E-state index in [1.54, 1.807) is 6.20 Å². The number of piperidine rings is 1. The quantitative estimate of drug-likeness (QED) is 0.795. The molecule has 3 rings (SSSR count). The summed E-state index contributed by atoms with van der Waals surface area (Å²) >= 11 is 0. The van der Waals surface area contributed by atoms with Crippen LogP contribution in [0.3, 0.4) is 0 Å². The van der Waals surface area contributed by atoms with Crippen molar-refractivity contribution in [3.63, 3.8) is 0 Å². The maximum atomic E-state index is 10.8. The van der Waals surface area contributed by atoms with Crippen LogP contribution in [0, 0.1) is 5.41 Å². The molecule has 1 aromatic heterocycles. The molecule has 3 heterocycles. The Hall–Kier alpha value is -1.98. The average Bonchev–Trinajstić information content (AvgIpc) is 2.37. The number of likely N-dealkylation sites (tertiary alicyclic amines) is 1. The van der Waals surface area contributed by atoms with Crippen LogP contribution in [0.15, 0.2) is 18.3 Å². The van der Waals surface area contributed by atoms with E-state index in [1.807, 2.05) is 12.1 Å². The zero-order chi connectivity index (χ0) is 13.5. The summed E-state index contributed by atoms with van der Waals surface area (Å²) in [5.74, 6) is 0.535. The van der Waals surface area contributed by atoms with Gasteiger partial charge >= 0.3 is 6.09 Å². The molecular weight excluding hydrogens is 244 g/mol. The number of hydrogen-bond donors (Lipinski definition) is 2. The lowest BCUT2D eigenvalue weighted by Crippen LogP contribution is -2.61. The molecule has 0 aromatic carbocycles. The minimum atomic E-state index is -0.796. The molecule has 0 radical (unpaired) electrons. The first kappa shape index (κ1) is 12.1. The van der Waals surface area contributed by atoms with Crippen molar-refractivity contribution in [1.29, 1.82) is 0 Å². The van der Waals surface area contributed by atoms with Gasteiger partial charge in [0.1, 0.15) is 5.82 Å². The van der Waals surface area contributed by atoms with E-state index in [-0.39, 0.29) is 5.41 Å². The van der Waals surface area contributed by atoms with Crippen LogP contribution in [-0.4, -0.2) is 47.3 Å². The van der Waals surface area contributed by atoms with E-state index < -0.39 is 6.09 Å². The van der Waals surface area contributed by atoms with Gasteiger partial charge in [-0.05, 0) is 25.0 Å². The molecule has 6 nitrogen and oxygen atoms in total. The maximum absolute atomic E-state index is 10.8. The second-order valence-electron chi connectivity index (χ2n) is 5.57. The van der Waals surface area contributed by atoms with Crippen molar-refractivity contribution in [3.05, 3.63) is 18.3 Å². The minimum absolute atomic E-state index is 0.218. The second-order valence-corrected chi connectivity index (χ2v) is 5.57. The molecule has 102 valence electrons. The number of carboxylic acid groups (broad SMARTS) is 1. The van der Waals surface area contributed by atoms with Crippen LogP contribution >= 0.6 is 0 Å². The van der Waals surface area contributed by atoms with Crippen LogP contribution in [0.4, 0.5) is 16.3 Å². The molecule has 1 aromatic rings. The highest BCUT2D eigenvalue weighted by molar-refractivity contribution is 5.66. The summed E-state index contributed by atoms with van der Waals surface area (Å²) in [7, 11) is 0. The maximum Gasteiger partial charge on any atom is 0.407 e. The Balaban J connectivity index is 1.58. The Bertz CT molecular complexity index is 472. The molecule has 0 bridgehead atoms. The van der Waals surface area contributed by atoms with Crippen LogP contribution in [0.25, 0.3) is 0 Å². The van der Waals surface area contributed by atoms with Gasteiger partial charge in [-0.3, -0.25) is 0 Å². The van der Waals surface area contributed by atoms with Crippen LogP contribution < -0.4 is 10.6 Å². The Labute approximate surface area is 111 Å². The fourth-order valence-corrected chi connectivity index (χ4v) is 3.04. The smallest absolute Gasteiger partial charge is 0.407 e. The first-order valence-electron chi connectivity index (χ1n) is 6.52. The van der Waals surface area contributed by atoms with Crippen molar-refractivity contribution in [2.75, 3.05) is 36.8 Å². The standard InChI is InChI=1S/C13H18N4O2/c14-11-2-1-10(7-15-11)16-5-3-13(4-6-16)8-17(9-13)12(18)19/h1-2,7H,3-6,8-9H2,(H2,14,15)(H,18,19).